The predicted octanol–water partition coefficient (Wildman–Crippen LogP) is 8.51. The molecule has 0 aromatic heterocycles. The molecule has 0 bridgehead atoms. The van der Waals surface area contributed by atoms with Gasteiger partial charge in [0.05, 0.1) is 0 Å². The molecule has 180 valence electrons. The Hall–Kier alpha value is 0.0795. The van der Waals surface area contributed by atoms with Crippen molar-refractivity contribution in [3.63, 3.8) is 0 Å². The first kappa shape index (κ1) is 27.3. The minimum absolute atomic E-state index is 0. The second-order valence-corrected chi connectivity index (χ2v) is 16.1. The van der Waals surface area contributed by atoms with Crippen molar-refractivity contribution in [2.75, 3.05) is 0 Å². The Balaban J connectivity index is 0.000000231. The standard InChI is InChI=1S/C17H26P.C11H18P.Fe/c1-3-9-15(10-4-1)18(17-13-7-8-14-17)16-11-5-2-6-12-16;1-9(2)12(10(3)4)11-7-5-6-8-11;/h7-8,13-16H,1-6,9-12H2;5-10H,1-4H3;/q-5;-1;. The molecule has 0 atom stereocenters. The molecule has 0 spiro atoms. The van der Waals surface area contributed by atoms with E-state index in [0.717, 1.165) is 22.6 Å². The van der Waals surface area contributed by atoms with Crippen molar-refractivity contribution in [1.29, 1.82) is 0 Å². The molecule has 4 rings (SSSR count). The summed E-state index contributed by atoms with van der Waals surface area (Å²) in [6.07, 6.45) is 15.1. The average molecular weight is 498 g/mol. The number of hydrogen-bond acceptors (Lipinski definition) is 0. The van der Waals surface area contributed by atoms with E-state index in [1.54, 1.807) is 10.6 Å². The predicted molar refractivity (Wildman–Crippen MR) is 141 cm³/mol. The fourth-order valence-corrected chi connectivity index (χ4v) is 12.4. The molecule has 0 saturated heterocycles. The molecule has 0 radical (unpaired) electrons. The summed E-state index contributed by atoms with van der Waals surface area (Å²) in [5.41, 5.74) is 3.73. The van der Waals surface area contributed by atoms with E-state index in [9.17, 15) is 0 Å². The summed E-state index contributed by atoms with van der Waals surface area (Å²) in [7, 11) is 0.208. The van der Waals surface area contributed by atoms with Gasteiger partial charge in [-0.15, -0.1) is 13.2 Å². The van der Waals surface area contributed by atoms with Crippen molar-refractivity contribution in [2.24, 2.45) is 0 Å². The van der Waals surface area contributed by atoms with E-state index in [4.69, 9.17) is 0 Å². The van der Waals surface area contributed by atoms with Crippen molar-refractivity contribution < 1.29 is 17.1 Å². The summed E-state index contributed by atoms with van der Waals surface area (Å²) in [6.45, 7) is 9.33. The normalized spacial score (nSPS) is 18.3. The van der Waals surface area contributed by atoms with Gasteiger partial charge in [0, 0.05) is 17.1 Å². The van der Waals surface area contributed by atoms with E-state index in [-0.39, 0.29) is 32.9 Å². The van der Waals surface area contributed by atoms with Crippen LogP contribution in [0, 0.1) is 0 Å². The summed E-state index contributed by atoms with van der Waals surface area (Å²) >= 11 is 0. The third kappa shape index (κ3) is 8.11. The van der Waals surface area contributed by atoms with Crippen LogP contribution < -0.4 is 10.6 Å². The smallest absolute Gasteiger partial charge is 0 e. The fraction of sp³-hybridized carbons (Fsp3) is 0.643. The zero-order valence-electron chi connectivity index (χ0n) is 20.2. The topological polar surface area (TPSA) is 0 Å². The van der Waals surface area contributed by atoms with Gasteiger partial charge in [-0.3, -0.25) is 7.92 Å². The van der Waals surface area contributed by atoms with Gasteiger partial charge >= 0.3 is 0 Å². The molecule has 0 aliphatic heterocycles. The Morgan fingerprint density at radius 3 is 1.52 bits per heavy atom. The average Bonchev–Trinajstić information content (AvgIpc) is 3.45. The second-order valence-electron chi connectivity index (χ2n) is 9.87. The monoisotopic (exact) mass is 498 g/mol. The molecule has 2 fully saturated rings. The van der Waals surface area contributed by atoms with Crippen LogP contribution in [0.15, 0.2) is 48.5 Å². The molecule has 0 heterocycles. The van der Waals surface area contributed by atoms with Gasteiger partial charge in [-0.2, -0.15) is 12.1 Å². The largest absolute Gasteiger partial charge is 0.747 e. The molecule has 2 aromatic rings. The van der Waals surface area contributed by atoms with Crippen molar-refractivity contribution >= 4 is 26.5 Å². The van der Waals surface area contributed by atoms with E-state index in [1.165, 1.54) is 64.2 Å². The van der Waals surface area contributed by atoms with Gasteiger partial charge in [0.2, 0.25) is 0 Å². The SMILES string of the molecule is CC(C)P([c-]1cccc1)C(C)C.[Fe].[cH-]1[cH-][cH-][c-](P(C2CCCCC2)C2CCCCC2)[cH-]1. The van der Waals surface area contributed by atoms with Crippen LogP contribution in [0.3, 0.4) is 0 Å². The summed E-state index contributed by atoms with van der Waals surface area (Å²) in [6, 6.07) is 18.2. The maximum atomic E-state index is 2.43. The van der Waals surface area contributed by atoms with Crippen LogP contribution in [-0.4, -0.2) is 22.6 Å². The molecule has 0 unspecified atom stereocenters. The van der Waals surface area contributed by atoms with Gasteiger partial charge in [0.1, 0.15) is 0 Å². The first-order chi connectivity index (χ1) is 14.6. The maximum Gasteiger partial charge on any atom is 0 e. The van der Waals surface area contributed by atoms with E-state index in [2.05, 4.69) is 76.2 Å². The minimum Gasteiger partial charge on any atom is -0.747 e. The quantitative estimate of drug-likeness (QED) is 0.213. The molecule has 31 heavy (non-hydrogen) atoms. The van der Waals surface area contributed by atoms with Gasteiger partial charge in [0.25, 0.3) is 0 Å². The maximum absolute atomic E-state index is 2.43. The molecule has 0 nitrogen and oxygen atoms in total. The fourth-order valence-electron chi connectivity index (χ4n) is 5.70. The van der Waals surface area contributed by atoms with Crippen LogP contribution >= 0.6 is 15.8 Å². The Morgan fingerprint density at radius 2 is 1.13 bits per heavy atom. The van der Waals surface area contributed by atoms with Crippen LogP contribution in [0.25, 0.3) is 0 Å². The van der Waals surface area contributed by atoms with Crippen LogP contribution in [-0.2, 0) is 17.1 Å². The Morgan fingerprint density at radius 1 is 0.710 bits per heavy atom. The van der Waals surface area contributed by atoms with Crippen molar-refractivity contribution in [2.45, 2.75) is 115 Å². The second kappa shape index (κ2) is 14.4. The Bertz CT molecular complexity index is 636. The summed E-state index contributed by atoms with van der Waals surface area (Å²) in [5.74, 6) is 0. The number of hydrogen-bond donors (Lipinski definition) is 0. The van der Waals surface area contributed by atoms with E-state index < -0.39 is 0 Å². The molecule has 0 N–H and O–H groups in total. The van der Waals surface area contributed by atoms with Crippen LogP contribution in [0.4, 0.5) is 0 Å². The molecule has 2 saturated carbocycles. The van der Waals surface area contributed by atoms with E-state index >= 15 is 0 Å². The van der Waals surface area contributed by atoms with E-state index in [0.29, 0.717) is 0 Å². The minimum atomic E-state index is 0. The molecule has 0 amide bonds. The molecular formula is C28H44FeP2-6. The van der Waals surface area contributed by atoms with Crippen molar-refractivity contribution in [3.05, 3.63) is 48.5 Å². The molecule has 3 heteroatoms. The molecule has 2 aliphatic carbocycles. The first-order valence-corrected chi connectivity index (χ1v) is 15.5. The van der Waals surface area contributed by atoms with Crippen LogP contribution in [0.2, 0.25) is 0 Å². The molecular weight excluding hydrogens is 454 g/mol. The summed E-state index contributed by atoms with van der Waals surface area (Å²) < 4.78 is 0. The van der Waals surface area contributed by atoms with Gasteiger partial charge in [-0.1, -0.05) is 77.5 Å². The van der Waals surface area contributed by atoms with Gasteiger partial charge < -0.3 is 29.6 Å². The van der Waals surface area contributed by atoms with Gasteiger partial charge in [-0.05, 0) is 37.0 Å². The van der Waals surface area contributed by atoms with Gasteiger partial charge in [0.15, 0.2) is 0 Å². The zero-order chi connectivity index (χ0) is 21.3. The Labute approximate surface area is 206 Å². The summed E-state index contributed by atoms with van der Waals surface area (Å²) in [4.78, 5) is 0. The van der Waals surface area contributed by atoms with Crippen LogP contribution in [0.5, 0.6) is 0 Å². The third-order valence-electron chi connectivity index (χ3n) is 6.94. The first-order valence-electron chi connectivity index (χ1n) is 12.6. The van der Waals surface area contributed by atoms with Crippen molar-refractivity contribution in [3.8, 4) is 0 Å². The Kier molecular flexibility index (Phi) is 12.7. The van der Waals surface area contributed by atoms with Crippen molar-refractivity contribution in [1.82, 2.24) is 0 Å². The van der Waals surface area contributed by atoms with E-state index in [1.807, 2.05) is 0 Å². The van der Waals surface area contributed by atoms with Crippen LogP contribution in [0.1, 0.15) is 91.9 Å². The number of rotatable bonds is 6. The summed E-state index contributed by atoms with van der Waals surface area (Å²) in [5, 5.41) is 3.29. The third-order valence-corrected chi connectivity index (χ3v) is 13.6. The molecule has 2 aliphatic rings. The molecule has 2 aromatic carbocycles. The van der Waals surface area contributed by atoms with Gasteiger partial charge in [-0.25, -0.2) is 12.1 Å². The zero-order valence-corrected chi connectivity index (χ0v) is 23.1.